The number of aliphatic hydroxyl groups excluding tert-OH is 1. The Morgan fingerprint density at radius 1 is 1.15 bits per heavy atom. The van der Waals surface area contributed by atoms with Crippen molar-refractivity contribution in [1.29, 1.82) is 0 Å². The lowest BCUT2D eigenvalue weighted by Gasteiger charge is -2.24. The Labute approximate surface area is 153 Å². The van der Waals surface area contributed by atoms with Crippen LogP contribution in [-0.4, -0.2) is 31.2 Å². The molecule has 0 fully saturated rings. The summed E-state index contributed by atoms with van der Waals surface area (Å²) >= 11 is 0. The zero-order valence-electron chi connectivity index (χ0n) is 14.9. The smallest absolute Gasteiger partial charge is 0.231 e. The second-order valence-corrected chi connectivity index (χ2v) is 7.03. The van der Waals surface area contributed by atoms with Crippen LogP contribution in [0, 0.1) is 0 Å². The third kappa shape index (κ3) is 4.01. The molecule has 0 unspecified atom stereocenters. The highest BCUT2D eigenvalue weighted by atomic mass is 16.7. The Bertz CT molecular complexity index is 749. The van der Waals surface area contributed by atoms with Crippen molar-refractivity contribution in [3.8, 4) is 11.5 Å². The molecule has 0 bridgehead atoms. The van der Waals surface area contributed by atoms with Gasteiger partial charge in [-0.05, 0) is 36.1 Å². The van der Waals surface area contributed by atoms with Gasteiger partial charge < -0.3 is 24.6 Å². The fraction of sp³-hybridized carbons (Fsp3) is 0.429. The highest BCUT2D eigenvalue weighted by molar-refractivity contribution is 5.44. The summed E-state index contributed by atoms with van der Waals surface area (Å²) in [5.74, 6) is 1.53. The van der Waals surface area contributed by atoms with E-state index in [1.165, 1.54) is 30.4 Å². The Morgan fingerprint density at radius 3 is 3.00 bits per heavy atom. The van der Waals surface area contributed by atoms with Crippen LogP contribution >= 0.6 is 0 Å². The van der Waals surface area contributed by atoms with Gasteiger partial charge in [-0.1, -0.05) is 30.3 Å². The van der Waals surface area contributed by atoms with E-state index in [0.29, 0.717) is 25.8 Å². The van der Waals surface area contributed by atoms with Crippen molar-refractivity contribution in [2.24, 2.45) is 0 Å². The molecule has 138 valence electrons. The predicted octanol–water partition coefficient (Wildman–Crippen LogP) is 1.93. The van der Waals surface area contributed by atoms with E-state index < -0.39 is 6.10 Å². The SMILES string of the molecule is O[C@H](C[NH2+][C@H]1CCCc2ccccc21)COCc1ccc2c(c1)OCO2. The summed E-state index contributed by atoms with van der Waals surface area (Å²) in [4.78, 5) is 0. The second-order valence-electron chi connectivity index (χ2n) is 7.03. The van der Waals surface area contributed by atoms with Crippen LogP contribution in [0.25, 0.3) is 0 Å². The quantitative estimate of drug-likeness (QED) is 0.796. The molecule has 2 aliphatic rings. The van der Waals surface area contributed by atoms with Gasteiger partial charge in [0.15, 0.2) is 11.5 Å². The molecule has 5 nitrogen and oxygen atoms in total. The first-order valence-electron chi connectivity index (χ1n) is 9.35. The van der Waals surface area contributed by atoms with Gasteiger partial charge in [-0.25, -0.2) is 0 Å². The van der Waals surface area contributed by atoms with Gasteiger partial charge in [-0.15, -0.1) is 0 Å². The lowest BCUT2D eigenvalue weighted by Crippen LogP contribution is -2.87. The Morgan fingerprint density at radius 2 is 2.04 bits per heavy atom. The minimum Gasteiger partial charge on any atom is -0.454 e. The number of hydrogen-bond donors (Lipinski definition) is 2. The maximum Gasteiger partial charge on any atom is 0.231 e. The Kier molecular flexibility index (Phi) is 5.39. The van der Waals surface area contributed by atoms with E-state index in [4.69, 9.17) is 14.2 Å². The molecule has 4 rings (SSSR count). The van der Waals surface area contributed by atoms with E-state index >= 15 is 0 Å². The number of ether oxygens (including phenoxy) is 3. The highest BCUT2D eigenvalue weighted by Gasteiger charge is 2.23. The van der Waals surface area contributed by atoms with Crippen molar-refractivity contribution in [2.45, 2.75) is 38.0 Å². The lowest BCUT2D eigenvalue weighted by atomic mass is 9.88. The van der Waals surface area contributed by atoms with Crippen LogP contribution in [0.2, 0.25) is 0 Å². The number of benzene rings is 2. The number of aliphatic hydroxyl groups is 1. The minimum atomic E-state index is -0.474. The molecular formula is C21H26NO4+. The molecule has 0 saturated carbocycles. The molecule has 3 N–H and O–H groups in total. The van der Waals surface area contributed by atoms with Crippen molar-refractivity contribution in [3.63, 3.8) is 0 Å². The van der Waals surface area contributed by atoms with Gasteiger partial charge in [0.2, 0.25) is 6.79 Å². The summed E-state index contributed by atoms with van der Waals surface area (Å²) < 4.78 is 16.4. The summed E-state index contributed by atoms with van der Waals surface area (Å²) in [6.07, 6.45) is 3.08. The molecule has 5 heteroatoms. The molecule has 0 aromatic heterocycles. The molecule has 0 amide bonds. The van der Waals surface area contributed by atoms with Crippen LogP contribution in [-0.2, 0) is 17.8 Å². The first-order chi connectivity index (χ1) is 12.8. The topological polar surface area (TPSA) is 64.5 Å². The average molecular weight is 356 g/mol. The number of aryl methyl sites for hydroxylation is 1. The van der Waals surface area contributed by atoms with E-state index in [0.717, 1.165) is 17.1 Å². The van der Waals surface area contributed by atoms with Gasteiger partial charge in [0.1, 0.15) is 18.7 Å². The summed E-state index contributed by atoms with van der Waals surface area (Å²) in [6, 6.07) is 14.9. The second kappa shape index (κ2) is 8.08. The summed E-state index contributed by atoms with van der Waals surface area (Å²) in [6.45, 7) is 1.72. The van der Waals surface area contributed by atoms with Gasteiger partial charge in [0, 0.05) is 12.0 Å². The molecule has 26 heavy (non-hydrogen) atoms. The van der Waals surface area contributed by atoms with Crippen LogP contribution in [0.5, 0.6) is 11.5 Å². The normalized spacial score (nSPS) is 19.2. The molecule has 1 aliphatic carbocycles. The van der Waals surface area contributed by atoms with Crippen molar-refractivity contribution in [3.05, 3.63) is 59.2 Å². The average Bonchev–Trinajstić information content (AvgIpc) is 3.14. The molecule has 2 atom stereocenters. The van der Waals surface area contributed by atoms with Gasteiger partial charge in [-0.2, -0.15) is 0 Å². The number of hydrogen-bond acceptors (Lipinski definition) is 4. The van der Waals surface area contributed by atoms with Crippen LogP contribution in [0.4, 0.5) is 0 Å². The monoisotopic (exact) mass is 356 g/mol. The van der Waals surface area contributed by atoms with Crippen molar-refractivity contribution >= 4 is 0 Å². The van der Waals surface area contributed by atoms with Gasteiger partial charge >= 0.3 is 0 Å². The zero-order chi connectivity index (χ0) is 17.8. The Balaban J connectivity index is 1.22. The molecule has 2 aromatic rings. The first kappa shape index (κ1) is 17.3. The fourth-order valence-electron chi connectivity index (χ4n) is 3.77. The fourth-order valence-corrected chi connectivity index (χ4v) is 3.77. The van der Waals surface area contributed by atoms with Crippen molar-refractivity contribution < 1.29 is 24.6 Å². The van der Waals surface area contributed by atoms with Crippen molar-refractivity contribution in [2.75, 3.05) is 19.9 Å². The maximum absolute atomic E-state index is 10.3. The Hall–Kier alpha value is -2.08. The van der Waals surface area contributed by atoms with Crippen LogP contribution in [0.15, 0.2) is 42.5 Å². The van der Waals surface area contributed by atoms with Crippen molar-refractivity contribution in [1.82, 2.24) is 0 Å². The largest absolute Gasteiger partial charge is 0.454 e. The number of rotatable bonds is 7. The van der Waals surface area contributed by atoms with E-state index in [2.05, 4.69) is 29.6 Å². The molecule has 2 aromatic carbocycles. The third-order valence-electron chi connectivity index (χ3n) is 5.12. The standard InChI is InChI=1S/C21H25NO4/c23-17(11-22-19-7-3-5-16-4-1-2-6-18(16)19)13-24-12-15-8-9-20-21(10-15)26-14-25-20/h1-2,4,6,8-10,17,19,22-23H,3,5,7,11-14H2/p+1/t17-,19+/m1/s1. The molecular weight excluding hydrogens is 330 g/mol. The van der Waals surface area contributed by atoms with Gasteiger partial charge in [-0.3, -0.25) is 0 Å². The predicted molar refractivity (Wildman–Crippen MR) is 97.1 cm³/mol. The van der Waals surface area contributed by atoms with Gasteiger partial charge in [0.25, 0.3) is 0 Å². The molecule has 1 aliphatic heterocycles. The first-order valence-corrected chi connectivity index (χ1v) is 9.35. The van der Waals surface area contributed by atoms with Crippen LogP contribution < -0.4 is 14.8 Å². The summed E-state index contributed by atoms with van der Waals surface area (Å²) in [5, 5.41) is 12.5. The number of quaternary nitrogens is 1. The third-order valence-corrected chi connectivity index (χ3v) is 5.12. The van der Waals surface area contributed by atoms with E-state index in [9.17, 15) is 5.11 Å². The number of fused-ring (bicyclic) bond motifs is 2. The zero-order valence-corrected chi connectivity index (χ0v) is 14.9. The lowest BCUT2D eigenvalue weighted by molar-refractivity contribution is -0.703. The van der Waals surface area contributed by atoms with E-state index in [-0.39, 0.29) is 6.79 Å². The molecule has 0 radical (unpaired) electrons. The minimum absolute atomic E-state index is 0.276. The molecule has 1 heterocycles. The van der Waals surface area contributed by atoms with Crippen LogP contribution in [0.3, 0.4) is 0 Å². The van der Waals surface area contributed by atoms with Crippen LogP contribution in [0.1, 0.15) is 35.6 Å². The summed E-state index contributed by atoms with van der Waals surface area (Å²) in [5.41, 5.74) is 3.90. The van der Waals surface area contributed by atoms with Gasteiger partial charge in [0.05, 0.1) is 13.2 Å². The molecule has 0 saturated heterocycles. The maximum atomic E-state index is 10.3. The van der Waals surface area contributed by atoms with E-state index in [1.807, 2.05) is 18.2 Å². The van der Waals surface area contributed by atoms with E-state index in [1.54, 1.807) is 0 Å². The molecule has 0 spiro atoms. The summed E-state index contributed by atoms with van der Waals surface area (Å²) in [7, 11) is 0. The number of nitrogens with two attached hydrogens (primary N) is 1. The highest BCUT2D eigenvalue weighted by Crippen LogP contribution is 2.32.